The van der Waals surface area contributed by atoms with Crippen LogP contribution in [-0.4, -0.2) is 27.8 Å². The van der Waals surface area contributed by atoms with E-state index in [1.807, 2.05) is 28.8 Å². The van der Waals surface area contributed by atoms with Crippen molar-refractivity contribution < 1.29 is 14.3 Å². The van der Waals surface area contributed by atoms with E-state index in [0.717, 1.165) is 36.6 Å². The van der Waals surface area contributed by atoms with Crippen LogP contribution < -0.4 is 0 Å². The Kier molecular flexibility index (Phi) is 4.67. The van der Waals surface area contributed by atoms with Gasteiger partial charge < -0.3 is 9.30 Å². The molecule has 1 aromatic carbocycles. The number of fused-ring (bicyclic) bond motifs is 1. The summed E-state index contributed by atoms with van der Waals surface area (Å²) in [6.45, 7) is 0.269. The number of rotatable bonds is 6. The van der Waals surface area contributed by atoms with Gasteiger partial charge in [-0.2, -0.15) is 5.26 Å². The minimum atomic E-state index is -0.507. The van der Waals surface area contributed by atoms with Crippen molar-refractivity contribution in [2.75, 3.05) is 6.61 Å². The Morgan fingerprint density at radius 2 is 1.93 bits per heavy atom. The smallest absolute Gasteiger partial charge is 0.312 e. The maximum atomic E-state index is 13.1. The van der Waals surface area contributed by atoms with Crippen molar-refractivity contribution in [2.24, 2.45) is 17.3 Å². The highest BCUT2D eigenvalue weighted by Gasteiger charge is 2.60. The molecule has 0 radical (unpaired) electrons. The summed E-state index contributed by atoms with van der Waals surface area (Å²) < 4.78 is 7.54. The Balaban J connectivity index is 1.32. The van der Waals surface area contributed by atoms with E-state index in [4.69, 9.17) is 21.6 Å². The first-order valence-corrected chi connectivity index (χ1v) is 11.1. The second-order valence-corrected chi connectivity index (χ2v) is 10.4. The Labute approximate surface area is 180 Å². The second kappa shape index (κ2) is 7.13. The second-order valence-electron chi connectivity index (χ2n) is 9.55. The summed E-state index contributed by atoms with van der Waals surface area (Å²) in [7, 11) is 0. The predicted octanol–water partition coefficient (Wildman–Crippen LogP) is 4.86. The third kappa shape index (κ3) is 3.22. The lowest BCUT2D eigenvalue weighted by atomic mass is 9.49. The highest BCUT2D eigenvalue weighted by atomic mass is 35.5. The van der Waals surface area contributed by atoms with E-state index < -0.39 is 5.41 Å². The fourth-order valence-corrected chi connectivity index (χ4v) is 7.27. The van der Waals surface area contributed by atoms with Crippen LogP contribution in [0, 0.1) is 28.6 Å². The summed E-state index contributed by atoms with van der Waals surface area (Å²) in [6, 6.07) is 9.76. The molecule has 0 spiro atoms. The van der Waals surface area contributed by atoms with Gasteiger partial charge >= 0.3 is 5.97 Å². The molecule has 4 saturated carbocycles. The normalized spacial score (nSPS) is 31.6. The predicted molar refractivity (Wildman–Crippen MR) is 113 cm³/mol. The number of halogens is 1. The lowest BCUT2D eigenvalue weighted by Gasteiger charge is -2.58. The van der Waals surface area contributed by atoms with Crippen molar-refractivity contribution in [3.8, 4) is 6.07 Å². The molecular formula is C24H25ClN2O3. The van der Waals surface area contributed by atoms with Crippen LogP contribution in [0.15, 0.2) is 30.5 Å². The molecule has 2 aromatic rings. The molecule has 2 unspecified atom stereocenters. The first-order valence-electron chi connectivity index (χ1n) is 10.8. The van der Waals surface area contributed by atoms with Crippen LogP contribution in [0.3, 0.4) is 0 Å². The molecule has 5 nitrogen and oxygen atoms in total. The number of aromatic nitrogens is 1. The number of para-hydroxylation sites is 1. The molecule has 4 aliphatic rings. The molecule has 4 bridgehead atoms. The van der Waals surface area contributed by atoms with Crippen LogP contribution in [0.2, 0.25) is 0 Å². The average Bonchev–Trinajstić information content (AvgIpc) is 3.07. The molecule has 0 N–H and O–H groups in total. The topological polar surface area (TPSA) is 72.1 Å². The molecule has 0 saturated heterocycles. The third-order valence-electron chi connectivity index (χ3n) is 7.31. The van der Waals surface area contributed by atoms with Crippen molar-refractivity contribution >= 4 is 34.3 Å². The van der Waals surface area contributed by atoms with Gasteiger partial charge in [0, 0.05) is 34.1 Å². The molecule has 30 heavy (non-hydrogen) atoms. The molecule has 6 heteroatoms. The fourth-order valence-electron chi connectivity index (χ4n) is 6.58. The van der Waals surface area contributed by atoms with Gasteiger partial charge in [0.2, 0.25) is 5.78 Å². The first-order chi connectivity index (χ1) is 14.4. The molecule has 0 aliphatic heterocycles. The minimum absolute atomic E-state index is 0.208. The molecule has 1 heterocycles. The van der Waals surface area contributed by atoms with E-state index >= 15 is 0 Å². The van der Waals surface area contributed by atoms with Crippen LogP contribution in [0.25, 0.3) is 10.9 Å². The van der Waals surface area contributed by atoms with Gasteiger partial charge in [0.25, 0.3) is 0 Å². The Hall–Kier alpha value is -2.32. The maximum absolute atomic E-state index is 13.1. The Bertz CT molecular complexity index is 1050. The SMILES string of the molecule is N#CCCn1cc(C(=O)COC(=O)C23C[C@@H]4C[C@@H](CC(Cl)(C4)C2)C3)c2ccccc21. The third-order valence-corrected chi connectivity index (χ3v) is 7.75. The number of esters is 1. The van der Waals surface area contributed by atoms with Crippen molar-refractivity contribution in [1.29, 1.82) is 5.26 Å². The number of ketones is 1. The number of benzene rings is 1. The summed E-state index contributed by atoms with van der Waals surface area (Å²) in [6.07, 6.45) is 7.68. The number of nitriles is 1. The maximum Gasteiger partial charge on any atom is 0.312 e. The number of carbonyl (C=O) groups is 2. The number of carbonyl (C=O) groups excluding carboxylic acids is 2. The fraction of sp³-hybridized carbons (Fsp3) is 0.542. The zero-order valence-corrected chi connectivity index (χ0v) is 17.7. The molecule has 4 aliphatic carbocycles. The number of ether oxygens (including phenoxy) is 1. The highest BCUT2D eigenvalue weighted by molar-refractivity contribution is 6.24. The zero-order chi connectivity index (χ0) is 20.9. The molecule has 6 rings (SSSR count). The molecule has 4 fully saturated rings. The zero-order valence-electron chi connectivity index (χ0n) is 16.9. The molecule has 156 valence electrons. The monoisotopic (exact) mass is 424 g/mol. The summed E-state index contributed by atoms with van der Waals surface area (Å²) in [5, 5.41) is 9.72. The highest BCUT2D eigenvalue weighted by Crippen LogP contribution is 2.64. The largest absolute Gasteiger partial charge is 0.457 e. The van der Waals surface area contributed by atoms with Crippen LogP contribution in [-0.2, 0) is 16.1 Å². The lowest BCUT2D eigenvalue weighted by Crippen LogP contribution is -2.56. The van der Waals surface area contributed by atoms with Crippen LogP contribution >= 0.6 is 11.6 Å². The number of hydrogen-bond acceptors (Lipinski definition) is 4. The first kappa shape index (κ1) is 19.6. The van der Waals surface area contributed by atoms with Crippen LogP contribution in [0.1, 0.15) is 55.3 Å². The van der Waals surface area contributed by atoms with Gasteiger partial charge in [0.15, 0.2) is 6.61 Å². The van der Waals surface area contributed by atoms with Gasteiger partial charge in [-0.25, -0.2) is 0 Å². The van der Waals surface area contributed by atoms with E-state index in [9.17, 15) is 9.59 Å². The number of alkyl halides is 1. The Morgan fingerprint density at radius 1 is 1.20 bits per heavy atom. The van der Waals surface area contributed by atoms with Gasteiger partial charge in [0.05, 0.1) is 17.9 Å². The molecule has 0 amide bonds. The van der Waals surface area contributed by atoms with Gasteiger partial charge in [-0.1, -0.05) is 18.2 Å². The summed E-state index contributed by atoms with van der Waals surface area (Å²) in [5.74, 6) is 0.555. The van der Waals surface area contributed by atoms with E-state index in [1.54, 1.807) is 6.20 Å². The average molecular weight is 425 g/mol. The van der Waals surface area contributed by atoms with Crippen molar-refractivity contribution in [1.82, 2.24) is 4.57 Å². The summed E-state index contributed by atoms with van der Waals surface area (Å²) in [5.41, 5.74) is 0.940. The quantitative estimate of drug-likeness (QED) is 0.377. The van der Waals surface area contributed by atoms with E-state index in [1.165, 1.54) is 6.42 Å². The number of nitrogens with zero attached hydrogens (tertiary/aromatic N) is 2. The lowest BCUT2D eigenvalue weighted by molar-refractivity contribution is -0.168. The molecule has 1 aromatic heterocycles. The number of aryl methyl sites for hydroxylation is 1. The molecule has 4 atom stereocenters. The van der Waals surface area contributed by atoms with E-state index in [2.05, 4.69) is 6.07 Å². The summed E-state index contributed by atoms with van der Waals surface area (Å²) in [4.78, 5) is 25.8. The van der Waals surface area contributed by atoms with Gasteiger partial charge in [-0.05, 0) is 56.4 Å². The van der Waals surface area contributed by atoms with Gasteiger partial charge in [0.1, 0.15) is 0 Å². The number of hydrogen-bond donors (Lipinski definition) is 0. The van der Waals surface area contributed by atoms with Gasteiger partial charge in [-0.15, -0.1) is 11.6 Å². The Morgan fingerprint density at radius 3 is 2.63 bits per heavy atom. The van der Waals surface area contributed by atoms with E-state index in [-0.39, 0.29) is 23.2 Å². The van der Waals surface area contributed by atoms with Crippen molar-refractivity contribution in [2.45, 2.75) is 56.4 Å². The summed E-state index contributed by atoms with van der Waals surface area (Å²) >= 11 is 6.83. The standard InChI is InChI=1S/C24H25ClN2O3/c25-24-11-16-8-17(12-24)10-23(9-16,15-24)22(29)30-14-21(28)19-13-27(7-3-6-26)20-5-2-1-4-18(19)20/h1-2,4-5,13,16-17H,3,7-12,14-15H2/t16-,17+,23?,24?. The van der Waals surface area contributed by atoms with Crippen LogP contribution in [0.4, 0.5) is 0 Å². The van der Waals surface area contributed by atoms with Gasteiger partial charge in [-0.3, -0.25) is 9.59 Å². The van der Waals surface area contributed by atoms with Crippen molar-refractivity contribution in [3.05, 3.63) is 36.0 Å². The minimum Gasteiger partial charge on any atom is -0.457 e. The van der Waals surface area contributed by atoms with E-state index in [0.29, 0.717) is 36.8 Å². The van der Waals surface area contributed by atoms with Crippen molar-refractivity contribution in [3.63, 3.8) is 0 Å². The number of Topliss-reactive ketones (excluding diaryl/α,β-unsaturated/α-hetero) is 1. The van der Waals surface area contributed by atoms with Crippen LogP contribution in [0.5, 0.6) is 0 Å². The molecular weight excluding hydrogens is 400 g/mol.